The number of hydrogen-bond donors (Lipinski definition) is 1. The molecule has 0 radical (unpaired) electrons. The first-order valence-corrected chi connectivity index (χ1v) is 9.53. The molecule has 0 bridgehead atoms. The molecule has 1 aliphatic heterocycles. The minimum atomic E-state index is -0.626. The molecule has 2 aromatic rings. The van der Waals surface area contributed by atoms with Gasteiger partial charge in [-0.3, -0.25) is 14.4 Å². The van der Waals surface area contributed by atoms with Gasteiger partial charge in [0, 0.05) is 17.9 Å². The van der Waals surface area contributed by atoms with E-state index in [1.165, 1.54) is 16.7 Å². The SMILES string of the molecule is Cc1ccc(C(=O)C(=O)N2CSC[C@@H]2C(=O)NCc2ccccc2)cc1. The molecule has 1 N–H and O–H groups in total. The largest absolute Gasteiger partial charge is 0.350 e. The van der Waals surface area contributed by atoms with Crippen molar-refractivity contribution in [3.63, 3.8) is 0 Å². The Balaban J connectivity index is 1.65. The number of carbonyl (C=O) groups is 3. The molecule has 6 heteroatoms. The van der Waals surface area contributed by atoms with E-state index in [0.29, 0.717) is 23.7 Å². The zero-order valence-electron chi connectivity index (χ0n) is 14.5. The fourth-order valence-corrected chi connectivity index (χ4v) is 3.88. The van der Waals surface area contributed by atoms with Crippen LogP contribution in [0.25, 0.3) is 0 Å². The topological polar surface area (TPSA) is 66.5 Å². The Hall–Kier alpha value is -2.60. The predicted molar refractivity (Wildman–Crippen MR) is 102 cm³/mol. The molecule has 5 nitrogen and oxygen atoms in total. The van der Waals surface area contributed by atoms with Gasteiger partial charge >= 0.3 is 0 Å². The van der Waals surface area contributed by atoms with Crippen molar-refractivity contribution < 1.29 is 14.4 Å². The Morgan fingerprint density at radius 2 is 1.77 bits per heavy atom. The molecule has 26 heavy (non-hydrogen) atoms. The standard InChI is InChI=1S/C20H20N2O3S/c1-14-7-9-16(10-8-14)18(23)20(25)22-13-26-12-17(22)19(24)21-11-15-5-3-2-4-6-15/h2-10,17H,11-13H2,1H3,(H,21,24)/t17-/m1/s1. The van der Waals surface area contributed by atoms with Crippen LogP contribution in [0.3, 0.4) is 0 Å². The van der Waals surface area contributed by atoms with Crippen molar-refractivity contribution >= 4 is 29.4 Å². The summed E-state index contributed by atoms with van der Waals surface area (Å²) < 4.78 is 0. The van der Waals surface area contributed by atoms with E-state index >= 15 is 0 Å². The Bertz CT molecular complexity index is 806. The third-order valence-electron chi connectivity index (χ3n) is 4.26. The summed E-state index contributed by atoms with van der Waals surface area (Å²) in [4.78, 5) is 38.9. The molecule has 0 aromatic heterocycles. The second-order valence-electron chi connectivity index (χ2n) is 6.19. The molecule has 3 rings (SSSR count). The minimum Gasteiger partial charge on any atom is -0.350 e. The fourth-order valence-electron chi connectivity index (χ4n) is 2.72. The van der Waals surface area contributed by atoms with Gasteiger partial charge in [0.15, 0.2) is 0 Å². The number of rotatable bonds is 5. The van der Waals surface area contributed by atoms with Gasteiger partial charge in [0.2, 0.25) is 11.7 Å². The van der Waals surface area contributed by atoms with Crippen LogP contribution in [0.5, 0.6) is 0 Å². The van der Waals surface area contributed by atoms with Crippen molar-refractivity contribution in [1.82, 2.24) is 10.2 Å². The van der Waals surface area contributed by atoms with E-state index in [0.717, 1.165) is 11.1 Å². The summed E-state index contributed by atoms with van der Waals surface area (Å²) in [7, 11) is 0. The Kier molecular flexibility index (Phi) is 5.73. The summed E-state index contributed by atoms with van der Waals surface area (Å²) >= 11 is 1.48. The second-order valence-corrected chi connectivity index (χ2v) is 7.19. The van der Waals surface area contributed by atoms with Crippen molar-refractivity contribution in [1.29, 1.82) is 0 Å². The molecule has 0 aliphatic carbocycles. The summed E-state index contributed by atoms with van der Waals surface area (Å²) in [6.07, 6.45) is 0. The van der Waals surface area contributed by atoms with Gasteiger partial charge in [-0.2, -0.15) is 0 Å². The van der Waals surface area contributed by atoms with Gasteiger partial charge in [0.1, 0.15) is 6.04 Å². The van der Waals surface area contributed by atoms with Gasteiger partial charge in [-0.1, -0.05) is 60.2 Å². The molecule has 134 valence electrons. The van der Waals surface area contributed by atoms with E-state index < -0.39 is 17.7 Å². The van der Waals surface area contributed by atoms with Crippen molar-refractivity contribution in [2.75, 3.05) is 11.6 Å². The van der Waals surface area contributed by atoms with Crippen molar-refractivity contribution in [3.8, 4) is 0 Å². The highest BCUT2D eigenvalue weighted by molar-refractivity contribution is 7.99. The van der Waals surface area contributed by atoms with E-state index in [1.807, 2.05) is 37.3 Å². The van der Waals surface area contributed by atoms with Gasteiger partial charge < -0.3 is 10.2 Å². The maximum Gasteiger partial charge on any atom is 0.296 e. The second kappa shape index (κ2) is 8.19. The van der Waals surface area contributed by atoms with Crippen LogP contribution in [0.4, 0.5) is 0 Å². The lowest BCUT2D eigenvalue weighted by Gasteiger charge is -2.22. The van der Waals surface area contributed by atoms with Crippen LogP contribution >= 0.6 is 11.8 Å². The van der Waals surface area contributed by atoms with E-state index in [-0.39, 0.29) is 5.91 Å². The molecule has 1 fully saturated rings. The summed E-state index contributed by atoms with van der Waals surface area (Å²) in [5.41, 5.74) is 2.35. The van der Waals surface area contributed by atoms with Gasteiger partial charge in [-0.05, 0) is 12.5 Å². The number of aryl methyl sites for hydroxylation is 1. The summed E-state index contributed by atoms with van der Waals surface area (Å²) in [5.74, 6) is -0.594. The fraction of sp³-hybridized carbons (Fsp3) is 0.250. The number of amides is 2. The first-order chi connectivity index (χ1) is 12.6. The third kappa shape index (κ3) is 4.14. The summed E-state index contributed by atoms with van der Waals surface area (Å²) in [6, 6.07) is 15.8. The average Bonchev–Trinajstić information content (AvgIpc) is 3.16. The zero-order valence-corrected chi connectivity index (χ0v) is 15.3. The van der Waals surface area contributed by atoms with Gasteiger partial charge in [0.05, 0.1) is 5.88 Å². The van der Waals surface area contributed by atoms with E-state index in [2.05, 4.69) is 5.32 Å². The van der Waals surface area contributed by atoms with Crippen LogP contribution in [-0.4, -0.2) is 40.2 Å². The lowest BCUT2D eigenvalue weighted by atomic mass is 10.1. The molecular formula is C20H20N2O3S. The molecule has 1 aliphatic rings. The van der Waals surface area contributed by atoms with Crippen LogP contribution in [0.1, 0.15) is 21.5 Å². The number of benzene rings is 2. The molecule has 1 atom stereocenters. The first-order valence-electron chi connectivity index (χ1n) is 8.37. The third-order valence-corrected chi connectivity index (χ3v) is 5.28. The normalized spacial score (nSPS) is 16.3. The van der Waals surface area contributed by atoms with Crippen LogP contribution in [-0.2, 0) is 16.1 Å². The van der Waals surface area contributed by atoms with E-state index in [1.54, 1.807) is 24.3 Å². The Labute approximate surface area is 156 Å². The molecule has 2 amide bonds. The smallest absolute Gasteiger partial charge is 0.296 e. The zero-order chi connectivity index (χ0) is 18.5. The Morgan fingerprint density at radius 1 is 1.08 bits per heavy atom. The molecule has 0 unspecified atom stereocenters. The highest BCUT2D eigenvalue weighted by Crippen LogP contribution is 2.22. The van der Waals surface area contributed by atoms with Crippen LogP contribution in [0.15, 0.2) is 54.6 Å². The number of thioether (sulfide) groups is 1. The lowest BCUT2D eigenvalue weighted by Crippen LogP contribution is -2.49. The summed E-state index contributed by atoms with van der Waals surface area (Å²) in [6.45, 7) is 2.31. The van der Waals surface area contributed by atoms with Gasteiger partial charge in [0.25, 0.3) is 5.91 Å². The van der Waals surface area contributed by atoms with Crippen LogP contribution < -0.4 is 5.32 Å². The molecule has 1 heterocycles. The average molecular weight is 368 g/mol. The lowest BCUT2D eigenvalue weighted by molar-refractivity contribution is -0.134. The van der Waals surface area contributed by atoms with Gasteiger partial charge in [-0.15, -0.1) is 11.8 Å². The quantitative estimate of drug-likeness (QED) is 0.650. The first kappa shape index (κ1) is 18.2. The molecular weight excluding hydrogens is 348 g/mol. The van der Waals surface area contributed by atoms with Crippen molar-refractivity contribution in [3.05, 3.63) is 71.3 Å². The van der Waals surface area contributed by atoms with Crippen LogP contribution in [0.2, 0.25) is 0 Å². The maximum atomic E-state index is 12.6. The maximum absolute atomic E-state index is 12.6. The predicted octanol–water partition coefficient (Wildman–Crippen LogP) is 2.40. The van der Waals surface area contributed by atoms with E-state index in [4.69, 9.17) is 0 Å². The monoisotopic (exact) mass is 368 g/mol. The van der Waals surface area contributed by atoms with Crippen molar-refractivity contribution in [2.24, 2.45) is 0 Å². The minimum absolute atomic E-state index is 0.232. The number of carbonyl (C=O) groups excluding carboxylic acids is 3. The number of Topliss-reactive ketones (excluding diaryl/α,β-unsaturated/α-hetero) is 1. The molecule has 0 spiro atoms. The molecule has 0 saturated carbocycles. The van der Waals surface area contributed by atoms with Crippen molar-refractivity contribution in [2.45, 2.75) is 19.5 Å². The molecule has 1 saturated heterocycles. The van der Waals surface area contributed by atoms with E-state index in [9.17, 15) is 14.4 Å². The highest BCUT2D eigenvalue weighted by Gasteiger charge is 2.37. The highest BCUT2D eigenvalue weighted by atomic mass is 32.2. The number of hydrogen-bond acceptors (Lipinski definition) is 4. The molecule has 2 aromatic carbocycles. The Morgan fingerprint density at radius 3 is 2.46 bits per heavy atom. The number of nitrogens with one attached hydrogen (secondary N) is 1. The number of nitrogens with zero attached hydrogens (tertiary/aromatic N) is 1. The van der Waals surface area contributed by atoms with Crippen LogP contribution in [0, 0.1) is 6.92 Å². The summed E-state index contributed by atoms with van der Waals surface area (Å²) in [5, 5.41) is 2.85. The van der Waals surface area contributed by atoms with Gasteiger partial charge in [-0.25, -0.2) is 0 Å². The number of ketones is 1.